The molecule has 1 aromatic carbocycles. The average Bonchev–Trinajstić information content (AvgIpc) is 2.24. The lowest BCUT2D eigenvalue weighted by atomic mass is 10.0. The molecule has 0 aliphatic rings. The predicted octanol–water partition coefficient (Wildman–Crippen LogP) is 2.08. The van der Waals surface area contributed by atoms with Crippen molar-refractivity contribution in [1.29, 1.82) is 0 Å². The quantitative estimate of drug-likeness (QED) is 0.570. The van der Waals surface area contributed by atoms with Gasteiger partial charge in [0, 0.05) is 11.5 Å². The van der Waals surface area contributed by atoms with Crippen molar-refractivity contribution in [3.63, 3.8) is 0 Å². The van der Waals surface area contributed by atoms with Crippen LogP contribution in [-0.2, 0) is 6.42 Å². The highest BCUT2D eigenvalue weighted by Crippen LogP contribution is 2.37. The van der Waals surface area contributed by atoms with Crippen molar-refractivity contribution >= 4 is 11.0 Å². The molecule has 2 rings (SSSR count). The highest BCUT2D eigenvalue weighted by atomic mass is 16.4. The zero-order valence-corrected chi connectivity index (χ0v) is 9.07. The van der Waals surface area contributed by atoms with Gasteiger partial charge in [0.25, 0.3) is 0 Å². The van der Waals surface area contributed by atoms with Crippen LogP contribution in [0.1, 0.15) is 18.1 Å². The van der Waals surface area contributed by atoms with E-state index in [9.17, 15) is 15.0 Å². The Morgan fingerprint density at radius 2 is 1.94 bits per heavy atom. The van der Waals surface area contributed by atoms with Crippen LogP contribution >= 0.6 is 0 Å². The zero-order valence-electron chi connectivity index (χ0n) is 9.07. The normalized spacial score (nSPS) is 10.9. The van der Waals surface area contributed by atoms with E-state index in [2.05, 4.69) is 0 Å². The van der Waals surface area contributed by atoms with Gasteiger partial charge >= 0.3 is 5.63 Å². The summed E-state index contributed by atoms with van der Waals surface area (Å²) in [5.74, 6) is -0.584. The molecule has 0 spiro atoms. The first-order valence-electron chi connectivity index (χ1n) is 5.02. The molecule has 0 atom stereocenters. The van der Waals surface area contributed by atoms with E-state index in [-0.39, 0.29) is 17.1 Å². The molecule has 0 bridgehead atoms. The molecule has 0 aliphatic heterocycles. The smallest absolute Gasteiger partial charge is 0.336 e. The number of phenolic OH excluding ortho intramolecular Hbond substituents is 2. The number of aromatic hydroxyl groups is 2. The maximum atomic E-state index is 11.2. The Bertz CT molecular complexity index is 610. The fourth-order valence-electron chi connectivity index (χ4n) is 1.75. The van der Waals surface area contributed by atoms with Gasteiger partial charge in [-0.15, -0.1) is 0 Å². The van der Waals surface area contributed by atoms with E-state index in [0.29, 0.717) is 17.4 Å². The SMILES string of the molecule is CCc1cc2c(C)cc(=O)oc2c(O)c1O. The van der Waals surface area contributed by atoms with Gasteiger partial charge < -0.3 is 14.6 Å². The van der Waals surface area contributed by atoms with Gasteiger partial charge in [0.05, 0.1) is 0 Å². The Kier molecular flexibility index (Phi) is 2.34. The van der Waals surface area contributed by atoms with Crippen molar-refractivity contribution in [2.75, 3.05) is 0 Å². The minimum Gasteiger partial charge on any atom is -0.504 e. The molecule has 1 aromatic heterocycles. The topological polar surface area (TPSA) is 70.7 Å². The summed E-state index contributed by atoms with van der Waals surface area (Å²) in [6.07, 6.45) is 0.591. The van der Waals surface area contributed by atoms with Gasteiger partial charge in [0.1, 0.15) is 0 Å². The third kappa shape index (κ3) is 1.43. The highest BCUT2D eigenvalue weighted by molar-refractivity contribution is 5.88. The second kappa shape index (κ2) is 3.56. The van der Waals surface area contributed by atoms with E-state index in [1.807, 2.05) is 6.92 Å². The van der Waals surface area contributed by atoms with Crippen molar-refractivity contribution in [2.45, 2.75) is 20.3 Å². The Morgan fingerprint density at radius 3 is 2.56 bits per heavy atom. The molecular weight excluding hydrogens is 208 g/mol. The van der Waals surface area contributed by atoms with Gasteiger partial charge in [-0.2, -0.15) is 0 Å². The third-order valence-electron chi connectivity index (χ3n) is 2.65. The van der Waals surface area contributed by atoms with Gasteiger partial charge in [-0.05, 0) is 30.5 Å². The van der Waals surface area contributed by atoms with E-state index in [4.69, 9.17) is 4.42 Å². The Morgan fingerprint density at radius 1 is 1.25 bits per heavy atom. The Hall–Kier alpha value is -1.97. The lowest BCUT2D eigenvalue weighted by Crippen LogP contribution is -1.98. The molecule has 2 aromatic rings. The van der Waals surface area contributed by atoms with Crippen LogP contribution in [0.2, 0.25) is 0 Å². The number of fused-ring (bicyclic) bond motifs is 1. The number of rotatable bonds is 1. The molecule has 4 nitrogen and oxygen atoms in total. The summed E-state index contributed by atoms with van der Waals surface area (Å²) in [5.41, 5.74) is 0.849. The zero-order chi connectivity index (χ0) is 11.9. The number of hydrogen-bond donors (Lipinski definition) is 2. The third-order valence-corrected chi connectivity index (χ3v) is 2.65. The minimum absolute atomic E-state index is 0.0414. The van der Waals surface area contributed by atoms with Gasteiger partial charge in [-0.3, -0.25) is 0 Å². The van der Waals surface area contributed by atoms with Crippen LogP contribution in [0.3, 0.4) is 0 Å². The van der Waals surface area contributed by atoms with Crippen LogP contribution in [0.25, 0.3) is 11.0 Å². The predicted molar refractivity (Wildman–Crippen MR) is 59.9 cm³/mol. The van der Waals surface area contributed by atoms with E-state index in [1.54, 1.807) is 13.0 Å². The molecule has 4 heteroatoms. The molecule has 0 aliphatic carbocycles. The van der Waals surface area contributed by atoms with Crippen LogP contribution in [-0.4, -0.2) is 10.2 Å². The molecule has 0 fully saturated rings. The fourth-order valence-corrected chi connectivity index (χ4v) is 1.75. The van der Waals surface area contributed by atoms with Crippen LogP contribution in [0, 0.1) is 6.92 Å². The molecule has 1 heterocycles. The van der Waals surface area contributed by atoms with Crippen molar-refractivity contribution in [2.24, 2.45) is 0 Å². The molecule has 0 saturated carbocycles. The first-order valence-corrected chi connectivity index (χ1v) is 5.02. The first kappa shape index (κ1) is 10.5. The van der Waals surface area contributed by atoms with E-state index >= 15 is 0 Å². The fraction of sp³-hybridized carbons (Fsp3) is 0.250. The monoisotopic (exact) mass is 220 g/mol. The molecule has 0 saturated heterocycles. The standard InChI is InChI=1S/C12H12O4/c1-3-7-5-8-6(2)4-9(13)16-12(8)11(15)10(7)14/h4-5,14-15H,3H2,1-2H3. The molecule has 0 unspecified atom stereocenters. The summed E-state index contributed by atoms with van der Waals surface area (Å²) in [7, 11) is 0. The van der Waals surface area contributed by atoms with Crippen molar-refractivity contribution in [3.05, 3.63) is 33.7 Å². The second-order valence-electron chi connectivity index (χ2n) is 3.71. The van der Waals surface area contributed by atoms with Gasteiger partial charge in [0.2, 0.25) is 5.75 Å². The highest BCUT2D eigenvalue weighted by Gasteiger charge is 2.14. The van der Waals surface area contributed by atoms with Crippen LogP contribution in [0.4, 0.5) is 0 Å². The summed E-state index contributed by atoms with van der Waals surface area (Å²) in [6, 6.07) is 3.08. The largest absolute Gasteiger partial charge is 0.504 e. The van der Waals surface area contributed by atoms with Gasteiger partial charge in [-0.25, -0.2) is 4.79 Å². The van der Waals surface area contributed by atoms with Crippen LogP contribution in [0.15, 0.2) is 21.3 Å². The Balaban J connectivity index is 2.98. The molecule has 2 N–H and O–H groups in total. The first-order chi connectivity index (χ1) is 7.54. The number of phenols is 2. The number of aryl methyl sites for hydroxylation is 2. The summed E-state index contributed by atoms with van der Waals surface area (Å²) in [5, 5.41) is 20.0. The van der Waals surface area contributed by atoms with E-state index in [0.717, 1.165) is 5.56 Å². The summed E-state index contributed by atoms with van der Waals surface area (Å²) < 4.78 is 4.89. The van der Waals surface area contributed by atoms with Crippen LogP contribution in [0.5, 0.6) is 11.5 Å². The maximum absolute atomic E-state index is 11.2. The molecule has 84 valence electrons. The lowest BCUT2D eigenvalue weighted by Gasteiger charge is -2.08. The van der Waals surface area contributed by atoms with Crippen molar-refractivity contribution in [3.8, 4) is 11.5 Å². The van der Waals surface area contributed by atoms with Gasteiger partial charge in [-0.1, -0.05) is 6.92 Å². The summed E-state index contributed by atoms with van der Waals surface area (Å²) in [4.78, 5) is 11.2. The number of hydrogen-bond acceptors (Lipinski definition) is 4. The second-order valence-corrected chi connectivity index (χ2v) is 3.71. The molecule has 0 amide bonds. The molecule has 16 heavy (non-hydrogen) atoms. The number of benzene rings is 1. The summed E-state index contributed by atoms with van der Waals surface area (Å²) in [6.45, 7) is 3.63. The van der Waals surface area contributed by atoms with Gasteiger partial charge in [0.15, 0.2) is 11.3 Å². The van der Waals surface area contributed by atoms with Crippen LogP contribution < -0.4 is 5.63 Å². The maximum Gasteiger partial charge on any atom is 0.336 e. The molecular formula is C12H12O4. The molecule has 0 radical (unpaired) electrons. The summed E-state index contributed by atoms with van der Waals surface area (Å²) >= 11 is 0. The average molecular weight is 220 g/mol. The van der Waals surface area contributed by atoms with Crippen molar-refractivity contribution in [1.82, 2.24) is 0 Å². The lowest BCUT2D eigenvalue weighted by molar-refractivity contribution is 0.394. The van der Waals surface area contributed by atoms with E-state index in [1.165, 1.54) is 6.07 Å². The van der Waals surface area contributed by atoms with E-state index < -0.39 is 5.63 Å². The van der Waals surface area contributed by atoms with Crippen molar-refractivity contribution < 1.29 is 14.6 Å². The Labute approximate surface area is 91.8 Å². The minimum atomic E-state index is -0.538.